The number of carbonyl (C=O) groups excluding carboxylic acids is 1. The lowest BCUT2D eigenvalue weighted by Crippen LogP contribution is -2.56. The maximum atomic E-state index is 14.0. The van der Waals surface area contributed by atoms with Crippen LogP contribution in [0.4, 0.5) is 13.2 Å². The van der Waals surface area contributed by atoms with Crippen molar-refractivity contribution < 1.29 is 22.7 Å². The van der Waals surface area contributed by atoms with Crippen LogP contribution in [0.15, 0.2) is 67.3 Å². The zero-order valence-corrected chi connectivity index (χ0v) is 14.3. The van der Waals surface area contributed by atoms with Gasteiger partial charge in [0.1, 0.15) is 0 Å². The number of hydrogen-bond donors (Lipinski definition) is 1. The maximum absolute atomic E-state index is 14.0. The fourth-order valence-electron chi connectivity index (χ4n) is 2.52. The molecule has 1 atom stereocenters. The molecule has 0 aliphatic rings. The van der Waals surface area contributed by atoms with Crippen molar-refractivity contribution in [3.05, 3.63) is 83.9 Å². The van der Waals surface area contributed by atoms with Crippen LogP contribution < -0.4 is 5.32 Å². The van der Waals surface area contributed by atoms with Gasteiger partial charge >= 0.3 is 6.18 Å². The van der Waals surface area contributed by atoms with Crippen molar-refractivity contribution in [3.8, 4) is 0 Å². The molecule has 0 saturated carbocycles. The summed E-state index contributed by atoms with van der Waals surface area (Å²) in [5, 5.41) is 2.36. The molecule has 26 heavy (non-hydrogen) atoms. The predicted molar refractivity (Wildman–Crippen MR) is 93.3 cm³/mol. The van der Waals surface area contributed by atoms with Gasteiger partial charge < -0.3 is 10.1 Å². The smallest absolute Gasteiger partial charge is 0.349 e. The number of aryl methyl sites for hydroxylation is 1. The molecule has 1 unspecified atom stereocenters. The van der Waals surface area contributed by atoms with E-state index >= 15 is 0 Å². The molecule has 0 fully saturated rings. The van der Waals surface area contributed by atoms with Crippen LogP contribution in [-0.4, -0.2) is 18.7 Å². The Morgan fingerprint density at radius 1 is 1.12 bits per heavy atom. The summed E-state index contributed by atoms with van der Waals surface area (Å²) in [6.07, 6.45) is -3.77. The highest BCUT2D eigenvalue weighted by atomic mass is 19.4. The number of amides is 1. The predicted octanol–water partition coefficient (Wildman–Crippen LogP) is 4.27. The summed E-state index contributed by atoms with van der Waals surface area (Å²) in [5.41, 5.74) is -1.68. The minimum Gasteiger partial charge on any atom is -0.349 e. The van der Waals surface area contributed by atoms with E-state index in [0.29, 0.717) is 5.56 Å². The van der Waals surface area contributed by atoms with Crippen molar-refractivity contribution >= 4 is 5.91 Å². The van der Waals surface area contributed by atoms with Gasteiger partial charge in [-0.1, -0.05) is 66.2 Å². The molecule has 2 rings (SSSR count). The minimum absolute atomic E-state index is 0.0405. The second-order valence-electron chi connectivity index (χ2n) is 5.81. The Kier molecular flexibility index (Phi) is 6.21. The van der Waals surface area contributed by atoms with Gasteiger partial charge in [0, 0.05) is 12.1 Å². The van der Waals surface area contributed by atoms with Crippen LogP contribution in [0.1, 0.15) is 16.7 Å². The van der Waals surface area contributed by atoms with E-state index in [1.807, 2.05) is 19.1 Å². The Hall–Kier alpha value is -2.60. The van der Waals surface area contributed by atoms with Crippen LogP contribution in [0.2, 0.25) is 0 Å². The molecule has 0 saturated heterocycles. The molecule has 0 spiro atoms. The first-order chi connectivity index (χ1) is 12.3. The molecule has 0 aliphatic heterocycles. The van der Waals surface area contributed by atoms with Gasteiger partial charge in [-0.05, 0) is 12.5 Å². The Balaban J connectivity index is 2.36. The van der Waals surface area contributed by atoms with Gasteiger partial charge in [0.25, 0.3) is 11.5 Å². The van der Waals surface area contributed by atoms with Crippen molar-refractivity contribution in [1.82, 2.24) is 5.32 Å². The normalized spacial score (nSPS) is 13.7. The lowest BCUT2D eigenvalue weighted by Gasteiger charge is -2.34. The lowest BCUT2D eigenvalue weighted by molar-refractivity contribution is -0.270. The summed E-state index contributed by atoms with van der Waals surface area (Å²) in [5.74, 6) is -1.27. The van der Waals surface area contributed by atoms with Crippen molar-refractivity contribution in [2.75, 3.05) is 6.61 Å². The first-order valence-corrected chi connectivity index (χ1v) is 8.02. The SMILES string of the molecule is C=CCOC(C(=O)NCc1ccc(C)cc1)(c1ccccc1)C(F)(F)F. The first kappa shape index (κ1) is 19.7. The van der Waals surface area contributed by atoms with Crippen LogP contribution in [-0.2, 0) is 21.7 Å². The third kappa shape index (κ3) is 4.14. The van der Waals surface area contributed by atoms with Gasteiger partial charge in [-0.25, -0.2) is 0 Å². The van der Waals surface area contributed by atoms with Crippen LogP contribution in [0.25, 0.3) is 0 Å². The van der Waals surface area contributed by atoms with Gasteiger partial charge in [-0.2, -0.15) is 13.2 Å². The Labute approximate surface area is 150 Å². The topological polar surface area (TPSA) is 38.3 Å². The van der Waals surface area contributed by atoms with E-state index < -0.39 is 24.3 Å². The zero-order valence-electron chi connectivity index (χ0n) is 14.3. The molecule has 0 radical (unpaired) electrons. The summed E-state index contributed by atoms with van der Waals surface area (Å²) in [6.45, 7) is 4.81. The molecule has 0 bridgehead atoms. The molecule has 2 aromatic rings. The summed E-state index contributed by atoms with van der Waals surface area (Å²) >= 11 is 0. The third-order valence-electron chi connectivity index (χ3n) is 3.89. The second kappa shape index (κ2) is 8.19. The number of carbonyl (C=O) groups is 1. The van der Waals surface area contributed by atoms with Crippen LogP contribution >= 0.6 is 0 Å². The second-order valence-corrected chi connectivity index (χ2v) is 5.81. The van der Waals surface area contributed by atoms with E-state index in [0.717, 1.165) is 5.56 Å². The molecule has 1 N–H and O–H groups in total. The Morgan fingerprint density at radius 3 is 2.27 bits per heavy atom. The van der Waals surface area contributed by atoms with E-state index in [4.69, 9.17) is 4.74 Å². The maximum Gasteiger partial charge on any atom is 0.430 e. The van der Waals surface area contributed by atoms with Gasteiger partial charge in [-0.3, -0.25) is 4.79 Å². The molecule has 0 aromatic heterocycles. The average molecular weight is 363 g/mol. The minimum atomic E-state index is -4.95. The van der Waals surface area contributed by atoms with E-state index in [1.165, 1.54) is 30.3 Å². The fourth-order valence-corrected chi connectivity index (χ4v) is 2.52. The van der Waals surface area contributed by atoms with E-state index in [2.05, 4.69) is 11.9 Å². The molecule has 6 heteroatoms. The van der Waals surface area contributed by atoms with Crippen LogP contribution in [0, 0.1) is 6.92 Å². The standard InChI is InChI=1S/C20H20F3NO2/c1-3-13-26-19(20(21,22)23,17-7-5-4-6-8-17)18(25)24-14-16-11-9-15(2)10-12-16/h3-12H,1,13-14H2,2H3,(H,24,25). The van der Waals surface area contributed by atoms with E-state index in [-0.39, 0.29) is 12.1 Å². The highest BCUT2D eigenvalue weighted by molar-refractivity contribution is 5.87. The summed E-state index contributed by atoms with van der Waals surface area (Å²) in [4.78, 5) is 12.7. The van der Waals surface area contributed by atoms with Crippen molar-refractivity contribution in [2.45, 2.75) is 25.2 Å². The molecule has 0 heterocycles. The molecular formula is C20H20F3NO2. The summed E-state index contributed by atoms with van der Waals surface area (Å²) < 4.78 is 47.0. The number of nitrogens with one attached hydrogen (secondary N) is 1. The number of rotatable bonds is 7. The van der Waals surface area contributed by atoms with Gasteiger partial charge in [-0.15, -0.1) is 6.58 Å². The van der Waals surface area contributed by atoms with E-state index in [9.17, 15) is 18.0 Å². The van der Waals surface area contributed by atoms with Gasteiger partial charge in [0.15, 0.2) is 0 Å². The van der Waals surface area contributed by atoms with Gasteiger partial charge in [0.2, 0.25) is 0 Å². The van der Waals surface area contributed by atoms with E-state index in [1.54, 1.807) is 18.2 Å². The van der Waals surface area contributed by atoms with Crippen LogP contribution in [0.3, 0.4) is 0 Å². The fraction of sp³-hybridized carbons (Fsp3) is 0.250. The molecule has 138 valence electrons. The summed E-state index contributed by atoms with van der Waals surface area (Å²) in [6, 6.07) is 14.0. The van der Waals surface area contributed by atoms with Crippen molar-refractivity contribution in [2.24, 2.45) is 0 Å². The summed E-state index contributed by atoms with van der Waals surface area (Å²) in [7, 11) is 0. The quantitative estimate of drug-likeness (QED) is 0.746. The largest absolute Gasteiger partial charge is 0.430 e. The average Bonchev–Trinajstić information content (AvgIpc) is 2.61. The van der Waals surface area contributed by atoms with Crippen LogP contribution in [0.5, 0.6) is 0 Å². The number of benzene rings is 2. The Bertz CT molecular complexity index is 742. The third-order valence-corrected chi connectivity index (χ3v) is 3.89. The number of ether oxygens (including phenoxy) is 1. The van der Waals surface area contributed by atoms with Gasteiger partial charge in [0.05, 0.1) is 6.61 Å². The molecule has 1 amide bonds. The lowest BCUT2D eigenvalue weighted by atomic mass is 9.91. The number of hydrogen-bond acceptors (Lipinski definition) is 2. The van der Waals surface area contributed by atoms with Crippen molar-refractivity contribution in [3.63, 3.8) is 0 Å². The molecular weight excluding hydrogens is 343 g/mol. The molecule has 0 aliphatic carbocycles. The Morgan fingerprint density at radius 2 is 1.73 bits per heavy atom. The number of halogens is 3. The number of alkyl halides is 3. The highest BCUT2D eigenvalue weighted by Crippen LogP contribution is 2.42. The highest BCUT2D eigenvalue weighted by Gasteiger charge is 2.63. The van der Waals surface area contributed by atoms with Crippen molar-refractivity contribution in [1.29, 1.82) is 0 Å². The first-order valence-electron chi connectivity index (χ1n) is 8.02. The monoisotopic (exact) mass is 363 g/mol. The molecule has 2 aromatic carbocycles. The molecule has 3 nitrogen and oxygen atoms in total. The zero-order chi connectivity index (χ0) is 19.2.